The molecule has 0 spiro atoms. The van der Waals surface area contributed by atoms with Gasteiger partial charge in [-0.2, -0.15) is 0 Å². The number of nitrogens with one attached hydrogen (secondary N) is 1. The van der Waals surface area contributed by atoms with Crippen molar-refractivity contribution in [3.8, 4) is 0 Å². The summed E-state index contributed by atoms with van der Waals surface area (Å²) in [5.41, 5.74) is 0. The Hall–Kier alpha value is -0.570. The number of amides is 1. The summed E-state index contributed by atoms with van der Waals surface area (Å²) in [6.45, 7) is 2.34. The molecule has 1 amide bonds. The van der Waals surface area contributed by atoms with E-state index in [0.29, 0.717) is 13.0 Å². The van der Waals surface area contributed by atoms with Crippen molar-refractivity contribution in [2.75, 3.05) is 13.2 Å². The Balaban J connectivity index is 3.06. The molecule has 0 saturated heterocycles. The molecule has 0 atom stereocenters. The highest BCUT2D eigenvalue weighted by atomic mass is 16.3. The predicted octanol–water partition coefficient (Wildman–Crippen LogP) is -0.105. The van der Waals surface area contributed by atoms with E-state index in [9.17, 15) is 4.79 Å². The van der Waals surface area contributed by atoms with E-state index < -0.39 is 0 Å². The highest BCUT2D eigenvalue weighted by Gasteiger charge is 1.94. The molecular formula is C6H13NO2. The van der Waals surface area contributed by atoms with Crippen LogP contribution in [0.1, 0.15) is 19.8 Å². The van der Waals surface area contributed by atoms with Gasteiger partial charge in [-0.25, -0.2) is 0 Å². The number of rotatable bonds is 4. The zero-order valence-corrected chi connectivity index (χ0v) is 5.68. The van der Waals surface area contributed by atoms with Crippen LogP contribution in [0.3, 0.4) is 0 Å². The van der Waals surface area contributed by atoms with Gasteiger partial charge in [0.25, 0.3) is 0 Å². The van der Waals surface area contributed by atoms with Gasteiger partial charge in [-0.05, 0) is 6.42 Å². The molecule has 0 rings (SSSR count). The zero-order chi connectivity index (χ0) is 7.11. The summed E-state index contributed by atoms with van der Waals surface area (Å²) < 4.78 is 0. The van der Waals surface area contributed by atoms with Crippen molar-refractivity contribution in [2.45, 2.75) is 19.8 Å². The minimum absolute atomic E-state index is 0.0200. The Kier molecular flexibility index (Phi) is 5.21. The quantitative estimate of drug-likeness (QED) is 0.559. The highest BCUT2D eigenvalue weighted by molar-refractivity contribution is 5.75. The fraction of sp³-hybridized carbons (Fsp3) is 0.833. The molecule has 2 N–H and O–H groups in total. The van der Waals surface area contributed by atoms with Gasteiger partial charge < -0.3 is 10.4 Å². The maximum atomic E-state index is 10.6. The molecule has 0 aromatic heterocycles. The molecule has 0 aromatic carbocycles. The van der Waals surface area contributed by atoms with E-state index >= 15 is 0 Å². The van der Waals surface area contributed by atoms with E-state index in [2.05, 4.69) is 5.32 Å². The van der Waals surface area contributed by atoms with E-state index in [0.717, 1.165) is 6.42 Å². The van der Waals surface area contributed by atoms with E-state index in [-0.39, 0.29) is 12.5 Å². The summed E-state index contributed by atoms with van der Waals surface area (Å²) in [4.78, 5) is 10.6. The van der Waals surface area contributed by atoms with Crippen LogP contribution in [0.2, 0.25) is 0 Å². The van der Waals surface area contributed by atoms with Crippen molar-refractivity contribution >= 4 is 5.91 Å². The Morgan fingerprint density at radius 1 is 1.67 bits per heavy atom. The van der Waals surface area contributed by atoms with Crippen molar-refractivity contribution in [3.63, 3.8) is 0 Å². The molecule has 0 aliphatic heterocycles. The third-order valence-electron chi connectivity index (χ3n) is 0.911. The first kappa shape index (κ1) is 8.43. The van der Waals surface area contributed by atoms with E-state index in [1.165, 1.54) is 0 Å². The molecule has 9 heavy (non-hydrogen) atoms. The average Bonchev–Trinajstić information content (AvgIpc) is 1.85. The molecule has 3 heteroatoms. The van der Waals surface area contributed by atoms with Crippen LogP contribution in [0.5, 0.6) is 0 Å². The van der Waals surface area contributed by atoms with Gasteiger partial charge in [-0.1, -0.05) is 6.92 Å². The van der Waals surface area contributed by atoms with Crippen LogP contribution in [0.4, 0.5) is 0 Å². The third-order valence-corrected chi connectivity index (χ3v) is 0.911. The van der Waals surface area contributed by atoms with Crippen LogP contribution in [0.25, 0.3) is 0 Å². The van der Waals surface area contributed by atoms with Crippen molar-refractivity contribution < 1.29 is 9.90 Å². The van der Waals surface area contributed by atoms with E-state index in [4.69, 9.17) is 5.11 Å². The number of carbonyl (C=O) groups excluding carboxylic acids is 1. The lowest BCUT2D eigenvalue weighted by atomic mass is 10.3. The smallest absolute Gasteiger partial charge is 0.220 e. The van der Waals surface area contributed by atoms with Gasteiger partial charge in [-0.3, -0.25) is 4.79 Å². The normalized spacial score (nSPS) is 9.11. The van der Waals surface area contributed by atoms with Crippen molar-refractivity contribution in [1.29, 1.82) is 0 Å². The van der Waals surface area contributed by atoms with Crippen LogP contribution in [0.15, 0.2) is 0 Å². The predicted molar refractivity (Wildman–Crippen MR) is 35.0 cm³/mol. The summed E-state index contributed by atoms with van der Waals surface area (Å²) in [5, 5.41) is 10.8. The van der Waals surface area contributed by atoms with Crippen LogP contribution in [-0.4, -0.2) is 24.2 Å². The van der Waals surface area contributed by atoms with Gasteiger partial charge in [0.2, 0.25) is 5.91 Å². The summed E-state index contributed by atoms with van der Waals surface area (Å²) >= 11 is 0. The molecule has 3 nitrogen and oxygen atoms in total. The topological polar surface area (TPSA) is 49.3 Å². The van der Waals surface area contributed by atoms with Crippen LogP contribution in [0, 0.1) is 0 Å². The fourth-order valence-corrected chi connectivity index (χ4v) is 0.511. The second kappa shape index (κ2) is 5.56. The van der Waals surface area contributed by atoms with E-state index in [1.807, 2.05) is 6.92 Å². The molecule has 0 radical (unpaired) electrons. The van der Waals surface area contributed by atoms with Gasteiger partial charge in [-0.15, -0.1) is 0 Å². The first-order valence-corrected chi connectivity index (χ1v) is 3.18. The molecule has 0 unspecified atom stereocenters. The maximum absolute atomic E-state index is 10.6. The van der Waals surface area contributed by atoms with Crippen LogP contribution < -0.4 is 5.32 Å². The Labute approximate surface area is 55.1 Å². The lowest BCUT2D eigenvalue weighted by molar-refractivity contribution is -0.121. The average molecular weight is 131 g/mol. The molecule has 0 bridgehead atoms. The van der Waals surface area contributed by atoms with Crippen LogP contribution >= 0.6 is 0 Å². The second-order valence-corrected chi connectivity index (χ2v) is 1.82. The van der Waals surface area contributed by atoms with Gasteiger partial charge >= 0.3 is 0 Å². The maximum Gasteiger partial charge on any atom is 0.220 e. The SMILES string of the molecule is CCCC(=O)NCCO. The Morgan fingerprint density at radius 3 is 2.78 bits per heavy atom. The molecule has 0 aliphatic rings. The number of hydrogen-bond acceptors (Lipinski definition) is 2. The van der Waals surface area contributed by atoms with Crippen molar-refractivity contribution in [2.24, 2.45) is 0 Å². The standard InChI is InChI=1S/C6H13NO2/c1-2-3-6(9)7-4-5-8/h8H,2-5H2,1H3,(H,7,9). The summed E-state index contributed by atoms with van der Waals surface area (Å²) in [6, 6.07) is 0. The van der Waals surface area contributed by atoms with Gasteiger partial charge in [0.15, 0.2) is 0 Å². The molecular weight excluding hydrogens is 118 g/mol. The van der Waals surface area contributed by atoms with Gasteiger partial charge in [0.05, 0.1) is 6.61 Å². The molecule has 0 saturated carbocycles. The zero-order valence-electron chi connectivity index (χ0n) is 5.68. The van der Waals surface area contributed by atoms with Gasteiger partial charge in [0.1, 0.15) is 0 Å². The summed E-state index contributed by atoms with van der Waals surface area (Å²) in [7, 11) is 0. The Bertz CT molecular complexity index is 83.1. The lowest BCUT2D eigenvalue weighted by Gasteiger charge is -1.98. The number of aliphatic hydroxyl groups excluding tert-OH is 1. The second-order valence-electron chi connectivity index (χ2n) is 1.82. The van der Waals surface area contributed by atoms with Crippen LogP contribution in [-0.2, 0) is 4.79 Å². The summed E-state index contributed by atoms with van der Waals surface area (Å²) in [5.74, 6) is 0.0200. The minimum Gasteiger partial charge on any atom is -0.395 e. The summed E-state index contributed by atoms with van der Waals surface area (Å²) in [6.07, 6.45) is 1.41. The van der Waals surface area contributed by atoms with Crippen molar-refractivity contribution in [3.05, 3.63) is 0 Å². The monoisotopic (exact) mass is 131 g/mol. The fourth-order valence-electron chi connectivity index (χ4n) is 0.511. The largest absolute Gasteiger partial charge is 0.395 e. The van der Waals surface area contributed by atoms with Crippen molar-refractivity contribution in [1.82, 2.24) is 5.32 Å². The first-order valence-electron chi connectivity index (χ1n) is 3.18. The number of carbonyl (C=O) groups is 1. The molecule has 0 aliphatic carbocycles. The van der Waals surface area contributed by atoms with E-state index in [1.54, 1.807) is 0 Å². The van der Waals surface area contributed by atoms with Gasteiger partial charge in [0, 0.05) is 13.0 Å². The molecule has 0 aromatic rings. The molecule has 54 valence electrons. The number of aliphatic hydroxyl groups is 1. The lowest BCUT2D eigenvalue weighted by Crippen LogP contribution is -2.25. The number of hydrogen-bond donors (Lipinski definition) is 2. The molecule has 0 fully saturated rings. The molecule has 0 heterocycles. The first-order chi connectivity index (χ1) is 4.31. The highest BCUT2D eigenvalue weighted by Crippen LogP contribution is 1.83. The minimum atomic E-state index is 0.0200. The Morgan fingerprint density at radius 2 is 2.33 bits per heavy atom. The third kappa shape index (κ3) is 5.30.